The minimum atomic E-state index is -0.273. The van der Waals surface area contributed by atoms with Crippen LogP contribution in [0.25, 0.3) is 0 Å². The van der Waals surface area contributed by atoms with Gasteiger partial charge in [0.05, 0.1) is 29.8 Å². The van der Waals surface area contributed by atoms with Gasteiger partial charge in [-0.05, 0) is 35.6 Å². The van der Waals surface area contributed by atoms with Crippen LogP contribution in [0.5, 0.6) is 0 Å². The summed E-state index contributed by atoms with van der Waals surface area (Å²) >= 11 is 1.63. The van der Waals surface area contributed by atoms with Crippen molar-refractivity contribution in [3.8, 4) is 0 Å². The third-order valence-electron chi connectivity index (χ3n) is 4.47. The lowest BCUT2D eigenvalue weighted by Gasteiger charge is -2.35. The van der Waals surface area contributed by atoms with E-state index in [0.29, 0.717) is 25.3 Å². The van der Waals surface area contributed by atoms with Crippen LogP contribution >= 0.6 is 11.8 Å². The smallest absolute Gasteiger partial charge is 0.252 e. The molecule has 27 heavy (non-hydrogen) atoms. The molecule has 1 aromatic heterocycles. The van der Waals surface area contributed by atoms with E-state index in [1.54, 1.807) is 30.1 Å². The van der Waals surface area contributed by atoms with Crippen LogP contribution in [0.1, 0.15) is 28.9 Å². The van der Waals surface area contributed by atoms with E-state index in [1.807, 2.05) is 12.1 Å². The molecule has 0 saturated carbocycles. The molecule has 1 aromatic carbocycles. The second kappa shape index (κ2) is 9.82. The van der Waals surface area contributed by atoms with Gasteiger partial charge in [0, 0.05) is 25.8 Å². The summed E-state index contributed by atoms with van der Waals surface area (Å²) < 4.78 is 19.1. The van der Waals surface area contributed by atoms with E-state index < -0.39 is 0 Å². The lowest BCUT2D eigenvalue weighted by atomic mass is 10.0. The van der Waals surface area contributed by atoms with Crippen LogP contribution in [-0.2, 0) is 4.74 Å². The molecule has 3 rings (SSSR count). The average Bonchev–Trinajstić information content (AvgIpc) is 2.70. The number of thioether (sulfide) groups is 1. The standard InChI is InChI=1S/C20H24FN3O2S/c1-2-27-19-7-6-16(13-22-19)20(25)23-14-18(24-8-10-26-11-9-24)15-4-3-5-17(21)12-15/h3-7,12-13,18H,2,8-11,14H2,1H3,(H,23,25). The van der Waals surface area contributed by atoms with E-state index >= 15 is 0 Å². The number of morpholine rings is 1. The van der Waals surface area contributed by atoms with Crippen LogP contribution in [0.3, 0.4) is 0 Å². The van der Waals surface area contributed by atoms with Gasteiger partial charge in [0.25, 0.3) is 5.91 Å². The Morgan fingerprint density at radius 1 is 1.33 bits per heavy atom. The first-order valence-electron chi connectivity index (χ1n) is 9.11. The van der Waals surface area contributed by atoms with Gasteiger partial charge in [-0.1, -0.05) is 19.1 Å². The molecule has 1 saturated heterocycles. The molecule has 144 valence electrons. The molecule has 1 N–H and O–H groups in total. The van der Waals surface area contributed by atoms with Crippen molar-refractivity contribution in [2.45, 2.75) is 18.0 Å². The minimum absolute atomic E-state index is 0.101. The zero-order valence-electron chi connectivity index (χ0n) is 15.4. The molecule has 1 unspecified atom stereocenters. The van der Waals surface area contributed by atoms with Crippen molar-refractivity contribution in [3.05, 3.63) is 59.5 Å². The average molecular weight is 389 g/mol. The Kier molecular flexibility index (Phi) is 7.20. The lowest BCUT2D eigenvalue weighted by Crippen LogP contribution is -2.43. The van der Waals surface area contributed by atoms with E-state index in [0.717, 1.165) is 29.4 Å². The largest absolute Gasteiger partial charge is 0.379 e. The van der Waals surface area contributed by atoms with E-state index in [1.165, 1.54) is 12.1 Å². The SMILES string of the molecule is CCSc1ccc(C(=O)NCC(c2cccc(F)c2)N2CCOCC2)cn1. The van der Waals surface area contributed by atoms with Crippen molar-refractivity contribution in [2.75, 3.05) is 38.6 Å². The van der Waals surface area contributed by atoms with Gasteiger partial charge < -0.3 is 10.1 Å². The van der Waals surface area contributed by atoms with Crippen LogP contribution in [0, 0.1) is 5.82 Å². The predicted molar refractivity (Wildman–Crippen MR) is 105 cm³/mol. The van der Waals surface area contributed by atoms with Gasteiger partial charge in [-0.3, -0.25) is 9.69 Å². The number of halogens is 1. The topological polar surface area (TPSA) is 54.5 Å². The number of amides is 1. The van der Waals surface area contributed by atoms with Gasteiger partial charge in [0.15, 0.2) is 0 Å². The first-order valence-corrected chi connectivity index (χ1v) is 10.1. The number of rotatable bonds is 7. The quantitative estimate of drug-likeness (QED) is 0.738. The molecular weight excluding hydrogens is 365 g/mol. The summed E-state index contributed by atoms with van der Waals surface area (Å²) in [5.41, 5.74) is 1.38. The molecule has 7 heteroatoms. The fraction of sp³-hybridized carbons (Fsp3) is 0.400. The molecule has 1 amide bonds. The molecule has 0 radical (unpaired) electrons. The predicted octanol–water partition coefficient (Wildman–Crippen LogP) is 3.14. The zero-order valence-corrected chi connectivity index (χ0v) is 16.2. The molecule has 0 bridgehead atoms. The maximum absolute atomic E-state index is 13.7. The molecule has 1 fully saturated rings. The molecule has 0 aliphatic carbocycles. The monoisotopic (exact) mass is 389 g/mol. The summed E-state index contributed by atoms with van der Waals surface area (Å²) in [5.74, 6) is 0.489. The van der Waals surface area contributed by atoms with Crippen molar-refractivity contribution in [2.24, 2.45) is 0 Å². The number of nitrogens with zero attached hydrogens (tertiary/aromatic N) is 2. The fourth-order valence-corrected chi connectivity index (χ4v) is 3.69. The Bertz CT molecular complexity index is 751. The van der Waals surface area contributed by atoms with Crippen molar-refractivity contribution in [1.82, 2.24) is 15.2 Å². The Morgan fingerprint density at radius 2 is 2.15 bits per heavy atom. The highest BCUT2D eigenvalue weighted by atomic mass is 32.2. The van der Waals surface area contributed by atoms with Crippen LogP contribution in [0.15, 0.2) is 47.6 Å². The number of pyridine rings is 1. The van der Waals surface area contributed by atoms with Crippen LogP contribution in [0.2, 0.25) is 0 Å². The Balaban J connectivity index is 1.69. The van der Waals surface area contributed by atoms with E-state index in [9.17, 15) is 9.18 Å². The maximum atomic E-state index is 13.7. The molecule has 5 nitrogen and oxygen atoms in total. The number of carbonyl (C=O) groups excluding carboxylic acids is 1. The van der Waals surface area contributed by atoms with Gasteiger partial charge in [-0.2, -0.15) is 0 Å². The normalized spacial score (nSPS) is 16.1. The fourth-order valence-electron chi connectivity index (χ4n) is 3.10. The van der Waals surface area contributed by atoms with Gasteiger partial charge in [-0.25, -0.2) is 9.37 Å². The van der Waals surface area contributed by atoms with Crippen molar-refractivity contribution < 1.29 is 13.9 Å². The summed E-state index contributed by atoms with van der Waals surface area (Å²) in [7, 11) is 0. The molecule has 1 aliphatic rings. The van der Waals surface area contributed by atoms with Crippen molar-refractivity contribution in [3.63, 3.8) is 0 Å². The summed E-state index contributed by atoms with van der Waals surface area (Å²) in [6, 6.07) is 10.1. The summed E-state index contributed by atoms with van der Waals surface area (Å²) in [6.45, 7) is 5.24. The summed E-state index contributed by atoms with van der Waals surface area (Å²) in [6.07, 6.45) is 1.60. The summed E-state index contributed by atoms with van der Waals surface area (Å²) in [4.78, 5) is 19.0. The van der Waals surface area contributed by atoms with Crippen LogP contribution in [0.4, 0.5) is 4.39 Å². The zero-order chi connectivity index (χ0) is 19.1. The maximum Gasteiger partial charge on any atom is 0.252 e. The van der Waals surface area contributed by atoms with Gasteiger partial charge in [0.2, 0.25) is 0 Å². The third-order valence-corrected chi connectivity index (χ3v) is 5.29. The second-order valence-corrected chi connectivity index (χ2v) is 7.53. The van der Waals surface area contributed by atoms with Crippen LogP contribution in [-0.4, -0.2) is 54.4 Å². The molecule has 2 aromatic rings. The van der Waals surface area contributed by atoms with Crippen molar-refractivity contribution >= 4 is 17.7 Å². The summed E-state index contributed by atoms with van der Waals surface area (Å²) in [5, 5.41) is 3.88. The van der Waals surface area contributed by atoms with Crippen molar-refractivity contribution in [1.29, 1.82) is 0 Å². The molecule has 0 spiro atoms. The second-order valence-electron chi connectivity index (χ2n) is 6.25. The number of aromatic nitrogens is 1. The Hall–Kier alpha value is -1.96. The highest BCUT2D eigenvalue weighted by molar-refractivity contribution is 7.99. The van der Waals surface area contributed by atoms with Gasteiger partial charge in [0.1, 0.15) is 5.82 Å². The molecule has 2 heterocycles. The minimum Gasteiger partial charge on any atom is -0.379 e. The number of carbonyl (C=O) groups is 1. The van der Waals surface area contributed by atoms with E-state index in [4.69, 9.17) is 4.74 Å². The van der Waals surface area contributed by atoms with Gasteiger partial charge >= 0.3 is 0 Å². The molecule has 1 aliphatic heterocycles. The third kappa shape index (κ3) is 5.51. The molecular formula is C20H24FN3O2S. The Morgan fingerprint density at radius 3 is 2.81 bits per heavy atom. The number of benzene rings is 1. The highest BCUT2D eigenvalue weighted by Crippen LogP contribution is 2.22. The molecule has 1 atom stereocenters. The lowest BCUT2D eigenvalue weighted by molar-refractivity contribution is 0.0162. The first kappa shape index (κ1) is 19.8. The van der Waals surface area contributed by atoms with E-state index in [2.05, 4.69) is 22.1 Å². The first-order chi connectivity index (χ1) is 13.2. The van der Waals surface area contributed by atoms with E-state index in [-0.39, 0.29) is 17.8 Å². The van der Waals surface area contributed by atoms with Gasteiger partial charge in [-0.15, -0.1) is 11.8 Å². The number of hydrogen-bond donors (Lipinski definition) is 1. The highest BCUT2D eigenvalue weighted by Gasteiger charge is 2.23. The number of nitrogens with one attached hydrogen (secondary N) is 1. The number of hydrogen-bond acceptors (Lipinski definition) is 5. The Labute approximate surface area is 163 Å². The van der Waals surface area contributed by atoms with Crippen LogP contribution < -0.4 is 5.32 Å². The number of ether oxygens (including phenoxy) is 1.